The Morgan fingerprint density at radius 1 is 0.906 bits per heavy atom. The van der Waals surface area contributed by atoms with E-state index in [9.17, 15) is 9.59 Å². The maximum atomic E-state index is 12.0. The Balaban J connectivity index is 1.37. The van der Waals surface area contributed by atoms with Gasteiger partial charge < -0.3 is 9.47 Å². The molecule has 3 rings (SSSR count). The molecule has 0 aliphatic carbocycles. The van der Waals surface area contributed by atoms with Crippen LogP contribution in [0.4, 0.5) is 0 Å². The second kappa shape index (κ2) is 11.4. The van der Waals surface area contributed by atoms with E-state index in [4.69, 9.17) is 21.7 Å². The number of carbonyl (C=O) groups is 2. The number of benzene rings is 3. The highest BCUT2D eigenvalue weighted by Gasteiger charge is 2.09. The number of carbonyl (C=O) groups excluding carboxylic acids is 2. The molecule has 0 aliphatic rings. The SMILES string of the molecule is CCc1ccc(OCC(=O)NNC(=S)NC(=O)COc2ccc3ccccc3c2)c(Br)c1. The number of thiocarbonyl (C=S) groups is 1. The number of rotatable bonds is 7. The summed E-state index contributed by atoms with van der Waals surface area (Å²) in [6.07, 6.45) is 0.903. The van der Waals surface area contributed by atoms with Crippen LogP contribution in [0.15, 0.2) is 65.1 Å². The Morgan fingerprint density at radius 3 is 2.41 bits per heavy atom. The highest BCUT2D eigenvalue weighted by Crippen LogP contribution is 2.26. The molecule has 0 bridgehead atoms. The molecular formula is C23H22BrN3O4S. The Morgan fingerprint density at radius 2 is 1.66 bits per heavy atom. The van der Waals surface area contributed by atoms with Gasteiger partial charge in [0.25, 0.3) is 11.8 Å². The summed E-state index contributed by atoms with van der Waals surface area (Å²) < 4.78 is 11.8. The summed E-state index contributed by atoms with van der Waals surface area (Å²) in [5.74, 6) is 0.210. The minimum absolute atomic E-state index is 0.0565. The average Bonchev–Trinajstić information content (AvgIpc) is 2.80. The summed E-state index contributed by atoms with van der Waals surface area (Å²) >= 11 is 8.43. The van der Waals surface area contributed by atoms with Crippen molar-refractivity contribution in [2.24, 2.45) is 0 Å². The van der Waals surface area contributed by atoms with E-state index in [1.54, 1.807) is 12.1 Å². The Labute approximate surface area is 199 Å². The van der Waals surface area contributed by atoms with Crippen LogP contribution < -0.4 is 25.6 Å². The van der Waals surface area contributed by atoms with Gasteiger partial charge in [0.05, 0.1) is 4.47 Å². The van der Waals surface area contributed by atoms with Gasteiger partial charge in [-0.15, -0.1) is 0 Å². The fraction of sp³-hybridized carbons (Fsp3) is 0.174. The second-order valence-corrected chi connectivity index (χ2v) is 8.02. The van der Waals surface area contributed by atoms with Crippen LogP contribution in [0.1, 0.15) is 12.5 Å². The minimum atomic E-state index is -0.458. The summed E-state index contributed by atoms with van der Waals surface area (Å²) in [4.78, 5) is 24.0. The first-order chi connectivity index (χ1) is 15.4. The van der Waals surface area contributed by atoms with Crippen LogP contribution in [-0.4, -0.2) is 30.1 Å². The Bertz CT molecular complexity index is 1140. The van der Waals surface area contributed by atoms with Gasteiger partial charge in [0.2, 0.25) is 0 Å². The third-order valence-electron chi connectivity index (χ3n) is 4.42. The average molecular weight is 516 g/mol. The van der Waals surface area contributed by atoms with Gasteiger partial charge in [-0.05, 0) is 75.2 Å². The van der Waals surface area contributed by atoms with Gasteiger partial charge in [0, 0.05) is 0 Å². The molecule has 0 saturated heterocycles. The fourth-order valence-electron chi connectivity index (χ4n) is 2.79. The molecule has 7 nitrogen and oxygen atoms in total. The van der Waals surface area contributed by atoms with Crippen LogP contribution in [0.3, 0.4) is 0 Å². The van der Waals surface area contributed by atoms with E-state index in [-0.39, 0.29) is 18.3 Å². The zero-order valence-electron chi connectivity index (χ0n) is 17.3. The highest BCUT2D eigenvalue weighted by atomic mass is 79.9. The van der Waals surface area contributed by atoms with Gasteiger partial charge >= 0.3 is 0 Å². The molecule has 0 spiro atoms. The van der Waals surface area contributed by atoms with E-state index in [1.807, 2.05) is 48.5 Å². The Kier molecular flexibility index (Phi) is 8.41. The molecule has 0 saturated carbocycles. The fourth-order valence-corrected chi connectivity index (χ4v) is 3.49. The maximum Gasteiger partial charge on any atom is 0.276 e. The van der Waals surface area contributed by atoms with Crippen molar-refractivity contribution in [2.45, 2.75) is 13.3 Å². The summed E-state index contributed by atoms with van der Waals surface area (Å²) in [6.45, 7) is 1.61. The number of aryl methyl sites for hydroxylation is 1. The van der Waals surface area contributed by atoms with E-state index >= 15 is 0 Å². The lowest BCUT2D eigenvalue weighted by atomic mass is 10.1. The third kappa shape index (κ3) is 6.93. The van der Waals surface area contributed by atoms with Crippen molar-refractivity contribution in [3.05, 3.63) is 70.7 Å². The predicted octanol–water partition coefficient (Wildman–Crippen LogP) is 3.64. The van der Waals surface area contributed by atoms with Crippen molar-refractivity contribution in [3.63, 3.8) is 0 Å². The Hall–Kier alpha value is -3.17. The van der Waals surface area contributed by atoms with E-state index in [1.165, 1.54) is 0 Å². The second-order valence-electron chi connectivity index (χ2n) is 6.76. The topological polar surface area (TPSA) is 88.7 Å². The summed E-state index contributed by atoms with van der Waals surface area (Å²) in [6, 6.07) is 19.1. The van der Waals surface area contributed by atoms with Crippen LogP contribution in [-0.2, 0) is 16.0 Å². The molecule has 0 unspecified atom stereocenters. The molecule has 0 fully saturated rings. The largest absolute Gasteiger partial charge is 0.484 e. The van der Waals surface area contributed by atoms with Crippen LogP contribution in [0, 0.1) is 0 Å². The molecule has 0 atom stereocenters. The normalized spacial score (nSPS) is 10.3. The molecule has 2 amide bonds. The molecule has 0 aromatic heterocycles. The lowest BCUT2D eigenvalue weighted by Crippen LogP contribution is -2.50. The van der Waals surface area contributed by atoms with Gasteiger partial charge in [-0.25, -0.2) is 0 Å². The standard InChI is InChI=1S/C23H22BrN3O4S/c1-2-15-7-10-20(19(24)11-15)31-14-22(29)26-27-23(32)25-21(28)13-30-18-9-8-16-5-3-4-6-17(16)12-18/h3-12H,2,13-14H2,1H3,(H,26,29)(H2,25,27,28,32). The van der Waals surface area contributed by atoms with Crippen molar-refractivity contribution >= 4 is 55.8 Å². The minimum Gasteiger partial charge on any atom is -0.484 e. The molecule has 0 heterocycles. The predicted molar refractivity (Wildman–Crippen MR) is 130 cm³/mol. The number of nitrogens with one attached hydrogen (secondary N) is 3. The molecular weight excluding hydrogens is 494 g/mol. The summed E-state index contributed by atoms with van der Waals surface area (Å²) in [5, 5.41) is 4.47. The maximum absolute atomic E-state index is 12.0. The number of halogens is 1. The zero-order valence-corrected chi connectivity index (χ0v) is 19.7. The van der Waals surface area contributed by atoms with Crippen LogP contribution >= 0.6 is 28.1 Å². The first kappa shape index (κ1) is 23.5. The first-order valence-electron chi connectivity index (χ1n) is 9.86. The zero-order chi connectivity index (χ0) is 22.9. The lowest BCUT2D eigenvalue weighted by molar-refractivity contribution is -0.124. The smallest absolute Gasteiger partial charge is 0.276 e. The van der Waals surface area contributed by atoms with Crippen molar-refractivity contribution in [1.82, 2.24) is 16.2 Å². The summed E-state index contributed by atoms with van der Waals surface area (Å²) in [5.41, 5.74) is 5.98. The van der Waals surface area contributed by atoms with E-state index in [0.29, 0.717) is 11.5 Å². The van der Waals surface area contributed by atoms with E-state index < -0.39 is 11.8 Å². The lowest BCUT2D eigenvalue weighted by Gasteiger charge is -2.12. The van der Waals surface area contributed by atoms with Gasteiger partial charge in [-0.1, -0.05) is 43.3 Å². The molecule has 3 N–H and O–H groups in total. The highest BCUT2D eigenvalue weighted by molar-refractivity contribution is 9.10. The van der Waals surface area contributed by atoms with E-state index in [0.717, 1.165) is 27.2 Å². The summed E-state index contributed by atoms with van der Waals surface area (Å²) in [7, 11) is 0. The molecule has 166 valence electrons. The quantitative estimate of drug-likeness (QED) is 0.328. The van der Waals surface area contributed by atoms with Gasteiger partial charge in [-0.2, -0.15) is 0 Å². The monoisotopic (exact) mass is 515 g/mol. The third-order valence-corrected chi connectivity index (χ3v) is 5.25. The van der Waals surface area contributed by atoms with Gasteiger partial charge in [-0.3, -0.25) is 25.8 Å². The molecule has 0 radical (unpaired) electrons. The number of amides is 2. The number of hydrogen-bond acceptors (Lipinski definition) is 5. The number of fused-ring (bicyclic) bond motifs is 1. The van der Waals surface area contributed by atoms with Crippen LogP contribution in [0.5, 0.6) is 11.5 Å². The van der Waals surface area contributed by atoms with Gasteiger partial charge in [0.15, 0.2) is 18.3 Å². The number of hydrogen-bond donors (Lipinski definition) is 3. The van der Waals surface area contributed by atoms with Crippen LogP contribution in [0.25, 0.3) is 10.8 Å². The number of hydrazine groups is 1. The van der Waals surface area contributed by atoms with Gasteiger partial charge in [0.1, 0.15) is 11.5 Å². The first-order valence-corrected chi connectivity index (χ1v) is 11.1. The van der Waals surface area contributed by atoms with Crippen molar-refractivity contribution in [3.8, 4) is 11.5 Å². The molecule has 3 aromatic carbocycles. The van der Waals surface area contributed by atoms with E-state index in [2.05, 4.69) is 39.0 Å². The van der Waals surface area contributed by atoms with Crippen molar-refractivity contribution in [1.29, 1.82) is 0 Å². The molecule has 32 heavy (non-hydrogen) atoms. The van der Waals surface area contributed by atoms with Crippen molar-refractivity contribution in [2.75, 3.05) is 13.2 Å². The number of ether oxygens (including phenoxy) is 2. The van der Waals surface area contributed by atoms with Crippen LogP contribution in [0.2, 0.25) is 0 Å². The molecule has 0 aliphatic heterocycles. The molecule has 9 heteroatoms. The van der Waals surface area contributed by atoms with Crippen molar-refractivity contribution < 1.29 is 19.1 Å². The molecule has 3 aromatic rings.